The lowest BCUT2D eigenvalue weighted by Gasteiger charge is -2.21. The molecule has 0 saturated heterocycles. The maximum atomic E-state index is 13.1. The minimum atomic E-state index is -4.99. The van der Waals surface area contributed by atoms with Crippen LogP contribution in [0.2, 0.25) is 0 Å². The average molecular weight is 1500 g/mol. The van der Waals surface area contributed by atoms with Crippen molar-refractivity contribution in [1.29, 1.82) is 0 Å². The molecule has 0 rings (SSSR count). The quantitative estimate of drug-likeness (QED) is 0.0169. The van der Waals surface area contributed by atoms with Crippen molar-refractivity contribution in [1.82, 2.24) is 0 Å². The Morgan fingerprint density at radius 3 is 0.769 bits per heavy atom. The fraction of sp³-hybridized carbons (Fsp3) is 0.694. The molecule has 0 spiro atoms. The van der Waals surface area contributed by atoms with Gasteiger partial charge in [0.2, 0.25) is 0 Å². The summed E-state index contributed by atoms with van der Waals surface area (Å²) in [6.07, 6.45) is 85.6. The molecule has 0 aromatic rings. The van der Waals surface area contributed by atoms with E-state index in [0.29, 0.717) is 25.7 Å². The summed E-state index contributed by atoms with van der Waals surface area (Å²) in [5, 5.41) is 10.6. The molecule has 0 aliphatic heterocycles. The standard InChI is InChI=1S/C85H144O17P2/c1-5-9-13-17-21-25-29-33-36-39-42-46-49-53-57-61-65-69-82(87)95-75-80(101-84(89)71-67-63-59-55-51-45-32-28-24-20-16-12-8-4)77-99-103(91,92)97-73-79(86)74-98-104(93,94)100-78-81(102-85(90)72-68-64-60-56-52-48-44-41-38-35-31-27-23-19-15-11-7-3)76-96-83(88)70-66-62-58-54-50-47-43-40-37-34-30-26-22-18-14-10-6-2/h9-11,13-16,20-23,25-28,32-38,79-81,86H,5-8,12,17-19,24,29-31,39-78H2,1-4H3,(H,91,92)(H,93,94)/b13-9-,14-10-,15-11-,20-16-,25-21-,26-22-,27-23-,32-28-,36-33-,37-34-,38-35-. The highest BCUT2D eigenvalue weighted by atomic mass is 31.2. The fourth-order valence-electron chi connectivity index (χ4n) is 10.5. The summed E-state index contributed by atoms with van der Waals surface area (Å²) in [4.78, 5) is 73.1. The average Bonchev–Trinajstić information content (AvgIpc) is 0.910. The predicted molar refractivity (Wildman–Crippen MR) is 427 cm³/mol. The molecular formula is C85H144O17P2. The topological polar surface area (TPSA) is 237 Å². The first-order valence-electron chi connectivity index (χ1n) is 40.4. The molecule has 0 fully saturated rings. The second-order valence-corrected chi connectivity index (χ2v) is 29.5. The third-order valence-electron chi connectivity index (χ3n) is 16.6. The van der Waals surface area contributed by atoms with Crippen molar-refractivity contribution in [3.05, 3.63) is 134 Å². The van der Waals surface area contributed by atoms with Crippen LogP contribution < -0.4 is 0 Å². The number of rotatable bonds is 75. The second-order valence-electron chi connectivity index (χ2n) is 26.6. The van der Waals surface area contributed by atoms with Gasteiger partial charge in [-0.15, -0.1) is 0 Å². The number of hydrogen-bond donors (Lipinski definition) is 3. The molecule has 3 N–H and O–H groups in total. The van der Waals surface area contributed by atoms with E-state index in [-0.39, 0.29) is 25.7 Å². The van der Waals surface area contributed by atoms with Gasteiger partial charge in [0.05, 0.1) is 26.4 Å². The molecule has 5 atom stereocenters. The molecule has 0 aromatic carbocycles. The Balaban J connectivity index is 5.38. The van der Waals surface area contributed by atoms with Crippen molar-refractivity contribution in [2.45, 2.75) is 341 Å². The van der Waals surface area contributed by atoms with Crippen LogP contribution in [0.25, 0.3) is 0 Å². The van der Waals surface area contributed by atoms with Crippen molar-refractivity contribution >= 4 is 39.5 Å². The molecule has 596 valence electrons. The third-order valence-corrected chi connectivity index (χ3v) is 18.5. The molecule has 104 heavy (non-hydrogen) atoms. The first-order chi connectivity index (χ1) is 50.7. The Bertz CT molecular complexity index is 2490. The predicted octanol–water partition coefficient (Wildman–Crippen LogP) is 23.7. The van der Waals surface area contributed by atoms with E-state index in [1.54, 1.807) is 0 Å². The van der Waals surface area contributed by atoms with Crippen molar-refractivity contribution < 1.29 is 80.2 Å². The molecule has 0 bridgehead atoms. The molecule has 17 nitrogen and oxygen atoms in total. The van der Waals surface area contributed by atoms with Crippen LogP contribution in [0.4, 0.5) is 0 Å². The number of phosphoric ester groups is 2. The molecule has 19 heteroatoms. The Hall–Kier alpha value is -4.80. The number of phosphoric acid groups is 2. The minimum Gasteiger partial charge on any atom is -0.462 e. The van der Waals surface area contributed by atoms with Gasteiger partial charge in [-0.1, -0.05) is 283 Å². The van der Waals surface area contributed by atoms with Gasteiger partial charge in [-0.25, -0.2) is 9.13 Å². The lowest BCUT2D eigenvalue weighted by molar-refractivity contribution is -0.161. The van der Waals surface area contributed by atoms with E-state index in [4.69, 9.17) is 37.0 Å². The Morgan fingerprint density at radius 2 is 0.500 bits per heavy atom. The maximum Gasteiger partial charge on any atom is 0.472 e. The van der Waals surface area contributed by atoms with E-state index in [9.17, 15) is 43.2 Å². The van der Waals surface area contributed by atoms with E-state index in [0.717, 1.165) is 244 Å². The van der Waals surface area contributed by atoms with Gasteiger partial charge in [0, 0.05) is 25.7 Å². The molecule has 0 amide bonds. The summed E-state index contributed by atoms with van der Waals surface area (Å²) in [7, 11) is -9.97. The van der Waals surface area contributed by atoms with E-state index >= 15 is 0 Å². The van der Waals surface area contributed by atoms with E-state index in [1.807, 2.05) is 0 Å². The Labute approximate surface area is 631 Å². The van der Waals surface area contributed by atoms with E-state index < -0.39 is 97.5 Å². The second kappa shape index (κ2) is 76.4. The van der Waals surface area contributed by atoms with Crippen molar-refractivity contribution in [2.24, 2.45) is 0 Å². The van der Waals surface area contributed by atoms with Crippen LogP contribution in [-0.2, 0) is 65.4 Å². The normalized spacial score (nSPS) is 14.6. The largest absolute Gasteiger partial charge is 0.472 e. The van der Waals surface area contributed by atoms with Gasteiger partial charge in [0.15, 0.2) is 12.2 Å². The maximum absolute atomic E-state index is 13.1. The summed E-state index contributed by atoms with van der Waals surface area (Å²) in [5.41, 5.74) is 0. The van der Waals surface area contributed by atoms with Gasteiger partial charge in [0.25, 0.3) is 0 Å². The van der Waals surface area contributed by atoms with Gasteiger partial charge in [-0.3, -0.25) is 37.3 Å². The summed E-state index contributed by atoms with van der Waals surface area (Å²) in [6.45, 7) is 4.45. The van der Waals surface area contributed by atoms with Gasteiger partial charge >= 0.3 is 39.5 Å². The highest BCUT2D eigenvalue weighted by Gasteiger charge is 2.30. The monoisotopic (exact) mass is 1500 g/mol. The van der Waals surface area contributed by atoms with Gasteiger partial charge < -0.3 is 33.8 Å². The summed E-state index contributed by atoms with van der Waals surface area (Å²) < 4.78 is 68.7. The fourth-order valence-corrected chi connectivity index (χ4v) is 12.1. The number of carbonyl (C=O) groups excluding carboxylic acids is 4. The lowest BCUT2D eigenvalue weighted by atomic mass is 10.1. The van der Waals surface area contributed by atoms with Crippen LogP contribution in [0.1, 0.15) is 323 Å². The summed E-state index contributed by atoms with van der Waals surface area (Å²) in [6, 6.07) is 0. The van der Waals surface area contributed by atoms with E-state index in [2.05, 4.69) is 161 Å². The SMILES string of the molecule is CC/C=C\C/C=C\C/C=C\CCCCCCCCCC(=O)OCC(COP(=O)(O)OCC(O)COP(=O)(O)OCC(COC(=O)CCCCCCCCC/C=C\C/C=C\C/C=C\CC)OC(=O)CCCCCCCCC/C=C\C/C=C\C/C=C\CC)OC(=O)CCCCCCC/C=C\C/C=C\CCC. The van der Waals surface area contributed by atoms with Gasteiger partial charge in [-0.2, -0.15) is 0 Å². The van der Waals surface area contributed by atoms with Crippen molar-refractivity contribution in [3.63, 3.8) is 0 Å². The van der Waals surface area contributed by atoms with Crippen LogP contribution in [0, 0.1) is 0 Å². The summed E-state index contributed by atoms with van der Waals surface area (Å²) >= 11 is 0. The molecule has 0 saturated carbocycles. The van der Waals surface area contributed by atoms with Gasteiger partial charge in [-0.05, 0) is 148 Å². The molecule has 0 radical (unpaired) electrons. The van der Waals surface area contributed by atoms with Crippen LogP contribution in [0.3, 0.4) is 0 Å². The molecular weight excluding hydrogens is 1350 g/mol. The zero-order valence-corrected chi connectivity index (χ0v) is 66.9. The van der Waals surface area contributed by atoms with E-state index in [1.165, 1.54) is 0 Å². The molecule has 5 unspecified atom stereocenters. The number of aliphatic hydroxyl groups is 1. The molecule has 0 aliphatic carbocycles. The minimum absolute atomic E-state index is 0.0740. The lowest BCUT2D eigenvalue weighted by Crippen LogP contribution is -2.30. The van der Waals surface area contributed by atoms with Crippen LogP contribution >= 0.6 is 15.6 Å². The van der Waals surface area contributed by atoms with Crippen LogP contribution in [0.5, 0.6) is 0 Å². The smallest absolute Gasteiger partial charge is 0.462 e. The summed E-state index contributed by atoms with van der Waals surface area (Å²) in [5.74, 6) is -2.22. The molecule has 0 heterocycles. The van der Waals surface area contributed by atoms with Crippen LogP contribution in [0.15, 0.2) is 134 Å². The van der Waals surface area contributed by atoms with Crippen molar-refractivity contribution in [2.75, 3.05) is 39.6 Å². The first kappa shape index (κ1) is 99.2. The zero-order chi connectivity index (χ0) is 76.0. The number of allylic oxidation sites excluding steroid dienone is 22. The number of esters is 4. The van der Waals surface area contributed by atoms with Gasteiger partial charge in [0.1, 0.15) is 19.3 Å². The van der Waals surface area contributed by atoms with Crippen molar-refractivity contribution in [3.8, 4) is 0 Å². The first-order valence-corrected chi connectivity index (χ1v) is 43.4. The number of hydrogen-bond acceptors (Lipinski definition) is 15. The Kier molecular flexibility index (Phi) is 72.9. The highest BCUT2D eigenvalue weighted by Crippen LogP contribution is 2.45. The Morgan fingerprint density at radius 1 is 0.279 bits per heavy atom. The molecule has 0 aliphatic rings. The highest BCUT2D eigenvalue weighted by molar-refractivity contribution is 7.47. The molecule has 0 aromatic heterocycles. The third kappa shape index (κ3) is 75.4. The number of aliphatic hydroxyl groups excluding tert-OH is 1. The number of unbranched alkanes of at least 4 members (excludes halogenated alkanes) is 27. The zero-order valence-electron chi connectivity index (χ0n) is 65.2. The van der Waals surface area contributed by atoms with Crippen LogP contribution in [-0.4, -0.2) is 96.7 Å². The number of ether oxygens (including phenoxy) is 4. The number of carbonyl (C=O) groups is 4.